The number of allylic oxidation sites excluding steroid dienone is 2. The fourth-order valence-electron chi connectivity index (χ4n) is 3.40. The summed E-state index contributed by atoms with van der Waals surface area (Å²) >= 11 is 0. The van der Waals surface area contributed by atoms with Crippen LogP contribution >= 0.6 is 0 Å². The lowest BCUT2D eigenvalue weighted by Crippen LogP contribution is -2.45. The van der Waals surface area contributed by atoms with Crippen LogP contribution < -0.4 is 5.73 Å². The molecule has 2 aromatic rings. The molecule has 0 saturated carbocycles. The molecule has 0 aromatic heterocycles. The van der Waals surface area contributed by atoms with E-state index in [1.807, 2.05) is 74.5 Å². The largest absolute Gasteiger partial charge is 0.369 e. The summed E-state index contributed by atoms with van der Waals surface area (Å²) in [6.45, 7) is 6.50. The number of carbonyl (C=O) groups excluding carboxylic acids is 1. The monoisotopic (exact) mass is 362 g/mol. The van der Waals surface area contributed by atoms with Crippen molar-refractivity contribution < 1.29 is 4.79 Å². The second-order valence-electron chi connectivity index (χ2n) is 6.65. The lowest BCUT2D eigenvalue weighted by molar-refractivity contribution is -0.122. The minimum absolute atomic E-state index is 0.308. The van der Waals surface area contributed by atoms with Crippen molar-refractivity contribution in [2.24, 2.45) is 5.73 Å². The van der Waals surface area contributed by atoms with Gasteiger partial charge >= 0.3 is 0 Å². The maximum absolute atomic E-state index is 12.8. The maximum atomic E-state index is 12.8. The summed E-state index contributed by atoms with van der Waals surface area (Å²) in [7, 11) is 0. The van der Waals surface area contributed by atoms with Gasteiger partial charge in [-0.25, -0.2) is 0 Å². The average Bonchev–Trinajstić information content (AvgIpc) is 2.71. The van der Waals surface area contributed by atoms with Crippen molar-refractivity contribution in [2.45, 2.75) is 25.7 Å². The maximum Gasteiger partial charge on any atom is 0.232 e. The van der Waals surface area contributed by atoms with Crippen LogP contribution in [0.25, 0.3) is 0 Å². The molecular formula is C24H30N2O. The predicted molar refractivity (Wildman–Crippen MR) is 114 cm³/mol. The van der Waals surface area contributed by atoms with E-state index in [9.17, 15) is 4.79 Å². The fourth-order valence-corrected chi connectivity index (χ4v) is 3.40. The molecule has 0 aliphatic carbocycles. The number of amides is 1. The second kappa shape index (κ2) is 10.5. The molecule has 0 radical (unpaired) electrons. The first-order chi connectivity index (χ1) is 13.1. The highest BCUT2D eigenvalue weighted by Crippen LogP contribution is 2.35. The van der Waals surface area contributed by atoms with Gasteiger partial charge in [-0.05, 0) is 31.4 Å². The highest BCUT2D eigenvalue weighted by molar-refractivity contribution is 5.90. The highest BCUT2D eigenvalue weighted by atomic mass is 16.1. The molecule has 0 fully saturated rings. The predicted octanol–water partition coefficient (Wildman–Crippen LogP) is 4.30. The smallest absolute Gasteiger partial charge is 0.232 e. The third kappa shape index (κ3) is 5.18. The van der Waals surface area contributed by atoms with Crippen LogP contribution in [-0.4, -0.2) is 30.4 Å². The van der Waals surface area contributed by atoms with Crippen LogP contribution in [0.1, 0.15) is 31.4 Å². The van der Waals surface area contributed by atoms with Gasteiger partial charge in [-0.15, -0.1) is 0 Å². The van der Waals surface area contributed by atoms with E-state index in [0.717, 1.165) is 30.8 Å². The van der Waals surface area contributed by atoms with Crippen LogP contribution in [0.3, 0.4) is 0 Å². The Morgan fingerprint density at radius 1 is 0.889 bits per heavy atom. The van der Waals surface area contributed by atoms with E-state index in [1.165, 1.54) is 0 Å². The van der Waals surface area contributed by atoms with Crippen molar-refractivity contribution >= 4 is 5.91 Å². The Balaban J connectivity index is 2.41. The van der Waals surface area contributed by atoms with Crippen LogP contribution in [0, 0.1) is 0 Å². The average molecular weight is 363 g/mol. The zero-order valence-corrected chi connectivity index (χ0v) is 16.3. The van der Waals surface area contributed by atoms with Crippen molar-refractivity contribution in [1.82, 2.24) is 4.90 Å². The third-order valence-corrected chi connectivity index (χ3v) is 4.96. The van der Waals surface area contributed by atoms with E-state index < -0.39 is 5.41 Å². The molecule has 0 saturated heterocycles. The molecule has 0 aliphatic heterocycles. The molecule has 2 rings (SSSR count). The van der Waals surface area contributed by atoms with Gasteiger partial charge in [0.05, 0.1) is 5.41 Å². The summed E-state index contributed by atoms with van der Waals surface area (Å²) in [6, 6.07) is 19.8. The third-order valence-electron chi connectivity index (χ3n) is 4.96. The Kier molecular flexibility index (Phi) is 8.02. The molecule has 2 aromatic carbocycles. The molecule has 142 valence electrons. The summed E-state index contributed by atoms with van der Waals surface area (Å²) in [5.41, 5.74) is 7.09. The fraction of sp³-hybridized carbons (Fsp3) is 0.292. The van der Waals surface area contributed by atoms with Gasteiger partial charge in [-0.1, -0.05) is 85.0 Å². The first-order valence-electron chi connectivity index (χ1n) is 9.50. The number of primary amides is 1. The van der Waals surface area contributed by atoms with Gasteiger partial charge in [0.2, 0.25) is 5.91 Å². The molecule has 0 aliphatic rings. The molecule has 1 amide bonds. The van der Waals surface area contributed by atoms with E-state index in [0.29, 0.717) is 6.42 Å². The summed E-state index contributed by atoms with van der Waals surface area (Å²) in [4.78, 5) is 15.2. The summed E-state index contributed by atoms with van der Waals surface area (Å²) in [6.07, 6.45) is 9.02. The standard InChI is InChI=1S/C24H30N2O/c1-3-5-18-26(19-6-4-2)20-17-24(23(25)27,21-13-9-7-10-14-21)22-15-11-8-12-16-22/h3-16H,17-20H2,1-2H3,(H2,25,27). The lowest BCUT2D eigenvalue weighted by Gasteiger charge is -2.34. The van der Waals surface area contributed by atoms with E-state index >= 15 is 0 Å². The van der Waals surface area contributed by atoms with Crippen LogP contribution in [0.4, 0.5) is 0 Å². The number of nitrogens with two attached hydrogens (primary N) is 1. The van der Waals surface area contributed by atoms with E-state index in [2.05, 4.69) is 29.2 Å². The minimum Gasteiger partial charge on any atom is -0.369 e. The zero-order valence-electron chi connectivity index (χ0n) is 16.3. The number of nitrogens with zero attached hydrogens (tertiary/aromatic N) is 1. The van der Waals surface area contributed by atoms with Gasteiger partial charge in [-0.3, -0.25) is 9.69 Å². The van der Waals surface area contributed by atoms with Gasteiger partial charge in [0, 0.05) is 19.6 Å². The first-order valence-corrected chi connectivity index (χ1v) is 9.50. The molecule has 0 spiro atoms. The van der Waals surface area contributed by atoms with Crippen LogP contribution in [0.5, 0.6) is 0 Å². The molecule has 27 heavy (non-hydrogen) atoms. The molecule has 0 unspecified atom stereocenters. The lowest BCUT2D eigenvalue weighted by atomic mass is 9.71. The van der Waals surface area contributed by atoms with Crippen molar-refractivity contribution in [1.29, 1.82) is 0 Å². The highest BCUT2D eigenvalue weighted by Gasteiger charge is 2.40. The molecule has 2 N–H and O–H groups in total. The Hall–Kier alpha value is -2.65. The topological polar surface area (TPSA) is 46.3 Å². The Labute approximate surface area is 163 Å². The summed E-state index contributed by atoms with van der Waals surface area (Å²) < 4.78 is 0. The van der Waals surface area contributed by atoms with Gasteiger partial charge in [0.15, 0.2) is 0 Å². The Bertz CT molecular complexity index is 697. The first kappa shape index (κ1) is 20.7. The normalized spacial score (nSPS) is 12.3. The molecule has 3 heteroatoms. The van der Waals surface area contributed by atoms with E-state index in [-0.39, 0.29) is 5.91 Å². The van der Waals surface area contributed by atoms with E-state index in [4.69, 9.17) is 5.73 Å². The number of hydrogen-bond donors (Lipinski definition) is 1. The minimum atomic E-state index is -0.841. The van der Waals surface area contributed by atoms with Gasteiger partial charge in [0.25, 0.3) is 0 Å². The van der Waals surface area contributed by atoms with E-state index in [1.54, 1.807) is 0 Å². The van der Waals surface area contributed by atoms with Crippen LogP contribution in [0.2, 0.25) is 0 Å². The number of carbonyl (C=O) groups is 1. The van der Waals surface area contributed by atoms with Crippen LogP contribution in [-0.2, 0) is 10.2 Å². The van der Waals surface area contributed by atoms with Crippen molar-refractivity contribution in [3.63, 3.8) is 0 Å². The van der Waals surface area contributed by atoms with Gasteiger partial charge < -0.3 is 5.73 Å². The summed E-state index contributed by atoms with van der Waals surface area (Å²) in [5.74, 6) is -0.308. The molecular weight excluding hydrogens is 332 g/mol. The Morgan fingerprint density at radius 3 is 1.70 bits per heavy atom. The second-order valence-corrected chi connectivity index (χ2v) is 6.65. The number of hydrogen-bond acceptors (Lipinski definition) is 2. The molecule has 0 bridgehead atoms. The quantitative estimate of drug-likeness (QED) is 0.641. The zero-order chi connectivity index (χ0) is 19.5. The van der Waals surface area contributed by atoms with Gasteiger partial charge in [-0.2, -0.15) is 0 Å². The van der Waals surface area contributed by atoms with Crippen molar-refractivity contribution in [2.75, 3.05) is 19.6 Å². The van der Waals surface area contributed by atoms with Crippen LogP contribution in [0.15, 0.2) is 85.0 Å². The number of benzene rings is 2. The van der Waals surface area contributed by atoms with Crippen molar-refractivity contribution in [3.05, 3.63) is 96.1 Å². The molecule has 0 heterocycles. The number of rotatable bonds is 10. The SMILES string of the molecule is CC=CCN(CC=CC)CCC(C(N)=O)(c1ccccc1)c1ccccc1. The van der Waals surface area contributed by atoms with Crippen molar-refractivity contribution in [3.8, 4) is 0 Å². The Morgan fingerprint density at radius 2 is 1.33 bits per heavy atom. The molecule has 0 atom stereocenters. The summed E-state index contributed by atoms with van der Waals surface area (Å²) in [5, 5.41) is 0. The molecule has 3 nitrogen and oxygen atoms in total. The van der Waals surface area contributed by atoms with Gasteiger partial charge in [0.1, 0.15) is 0 Å².